The highest BCUT2D eigenvalue weighted by Crippen LogP contribution is 1.94. The summed E-state index contributed by atoms with van der Waals surface area (Å²) in [5.74, 6) is 0. The maximum atomic E-state index is 9.77. The highest BCUT2D eigenvalue weighted by atomic mass is 16.7. The largest absolute Gasteiger partial charge is 0.385 e. The van der Waals surface area contributed by atoms with Gasteiger partial charge >= 0.3 is 0 Å². The van der Waals surface area contributed by atoms with Gasteiger partial charge in [0, 0.05) is 0 Å². The number of carbonyl (C=O) groups excluding carboxylic acids is 1. The number of carbonyl (C=O) groups is 1. The van der Waals surface area contributed by atoms with Gasteiger partial charge in [-0.05, 0) is 6.08 Å². The maximum Gasteiger partial charge on any atom is 0.242 e. The zero-order valence-corrected chi connectivity index (χ0v) is 3.70. The molecule has 0 saturated carbocycles. The van der Waals surface area contributed by atoms with Crippen molar-refractivity contribution >= 4 is 6.41 Å². The molecule has 0 aromatic carbocycles. The Kier molecular flexibility index (Phi) is 0.978. The lowest BCUT2D eigenvalue weighted by molar-refractivity contribution is -0.145. The average Bonchev–Trinajstić information content (AvgIpc) is 2.14. The molecule has 1 amide bonds. The van der Waals surface area contributed by atoms with Gasteiger partial charge in [0.05, 0.1) is 6.54 Å². The smallest absolute Gasteiger partial charge is 0.242 e. The first kappa shape index (κ1) is 4.18. The second-order valence-electron chi connectivity index (χ2n) is 1.18. The molecule has 1 aliphatic rings. The van der Waals surface area contributed by atoms with Crippen molar-refractivity contribution in [2.24, 2.45) is 0 Å². The van der Waals surface area contributed by atoms with E-state index in [9.17, 15) is 4.79 Å². The third kappa shape index (κ3) is 0.707. The number of hydrogen-bond donors (Lipinski definition) is 0. The lowest BCUT2D eigenvalue weighted by Crippen LogP contribution is -2.14. The van der Waals surface area contributed by atoms with Crippen LogP contribution in [0, 0.1) is 0 Å². The first-order valence-electron chi connectivity index (χ1n) is 1.97. The van der Waals surface area contributed by atoms with Crippen molar-refractivity contribution in [3.05, 3.63) is 12.3 Å². The summed E-state index contributed by atoms with van der Waals surface area (Å²) in [6.07, 6.45) is 3.88. The molecule has 0 aromatic rings. The van der Waals surface area contributed by atoms with E-state index in [0.29, 0.717) is 13.0 Å². The number of hydroxylamine groups is 2. The molecule has 0 aromatic heterocycles. The van der Waals surface area contributed by atoms with Crippen LogP contribution >= 0.6 is 0 Å². The van der Waals surface area contributed by atoms with E-state index < -0.39 is 0 Å². The van der Waals surface area contributed by atoms with E-state index in [-0.39, 0.29) is 0 Å². The quantitative estimate of drug-likeness (QED) is 0.430. The van der Waals surface area contributed by atoms with Gasteiger partial charge in [-0.2, -0.15) is 5.06 Å². The zero-order valence-electron chi connectivity index (χ0n) is 3.70. The Morgan fingerprint density at radius 3 is 3.00 bits per heavy atom. The van der Waals surface area contributed by atoms with Crippen LogP contribution in [-0.2, 0) is 9.63 Å². The lowest BCUT2D eigenvalue weighted by atomic mass is 10.6. The summed E-state index contributed by atoms with van der Waals surface area (Å²) in [5.41, 5.74) is 0. The fraction of sp³-hybridized carbons (Fsp3) is 0.250. The van der Waals surface area contributed by atoms with Crippen LogP contribution < -0.4 is 0 Å². The van der Waals surface area contributed by atoms with Crippen LogP contribution in [-0.4, -0.2) is 18.0 Å². The van der Waals surface area contributed by atoms with E-state index in [1.807, 2.05) is 0 Å². The van der Waals surface area contributed by atoms with E-state index in [1.54, 1.807) is 6.08 Å². The van der Waals surface area contributed by atoms with Gasteiger partial charge in [0.1, 0.15) is 6.26 Å². The van der Waals surface area contributed by atoms with E-state index in [4.69, 9.17) is 0 Å². The molecule has 7 heavy (non-hydrogen) atoms. The molecule has 1 rings (SSSR count). The van der Waals surface area contributed by atoms with E-state index in [0.717, 1.165) is 0 Å². The molecule has 0 spiro atoms. The van der Waals surface area contributed by atoms with Gasteiger partial charge in [-0.1, -0.05) is 0 Å². The Labute approximate surface area is 41.1 Å². The van der Waals surface area contributed by atoms with Crippen LogP contribution in [0.25, 0.3) is 0 Å². The summed E-state index contributed by atoms with van der Waals surface area (Å²) < 4.78 is 0. The number of nitrogens with zero attached hydrogens (tertiary/aromatic N) is 1. The lowest BCUT2D eigenvalue weighted by Gasteiger charge is -2.03. The Bertz CT molecular complexity index is 91.9. The van der Waals surface area contributed by atoms with Crippen molar-refractivity contribution in [3.8, 4) is 0 Å². The van der Waals surface area contributed by atoms with Crippen LogP contribution in [0.4, 0.5) is 0 Å². The molecule has 3 heteroatoms. The van der Waals surface area contributed by atoms with Gasteiger partial charge in [0.25, 0.3) is 0 Å². The standard InChI is InChI=1S/C4H5NO2/c6-4-5-2-1-3-7-5/h1,3-4H,2H2. The SMILES string of the molecule is O=CN1CC=CO1. The molecule has 0 unspecified atom stereocenters. The Hall–Kier alpha value is -0.990. The highest BCUT2D eigenvalue weighted by Gasteiger charge is 2.00. The number of hydrogen-bond acceptors (Lipinski definition) is 2. The normalized spacial score (nSPS) is 16.9. The second-order valence-corrected chi connectivity index (χ2v) is 1.18. The monoisotopic (exact) mass is 99.0 g/mol. The zero-order chi connectivity index (χ0) is 5.11. The van der Waals surface area contributed by atoms with Crippen LogP contribution in [0.3, 0.4) is 0 Å². The van der Waals surface area contributed by atoms with Gasteiger partial charge in [-0.25, -0.2) is 0 Å². The van der Waals surface area contributed by atoms with Gasteiger partial charge in [0.2, 0.25) is 6.41 Å². The van der Waals surface area contributed by atoms with Crippen LogP contribution in [0.5, 0.6) is 0 Å². The summed E-state index contributed by atoms with van der Waals surface area (Å²) >= 11 is 0. The Morgan fingerprint density at radius 1 is 1.86 bits per heavy atom. The molecule has 0 radical (unpaired) electrons. The summed E-state index contributed by atoms with van der Waals surface area (Å²) in [6, 6.07) is 0. The minimum absolute atomic E-state index is 0.573. The van der Waals surface area contributed by atoms with Crippen molar-refractivity contribution in [1.82, 2.24) is 5.06 Å². The molecule has 0 aliphatic carbocycles. The van der Waals surface area contributed by atoms with Crippen molar-refractivity contribution in [1.29, 1.82) is 0 Å². The molecule has 0 N–H and O–H groups in total. The molecular weight excluding hydrogens is 94.0 g/mol. The van der Waals surface area contributed by atoms with Crippen molar-refractivity contribution < 1.29 is 9.63 Å². The van der Waals surface area contributed by atoms with Gasteiger partial charge in [0.15, 0.2) is 0 Å². The third-order valence-electron chi connectivity index (χ3n) is 0.695. The third-order valence-corrected chi connectivity index (χ3v) is 0.695. The first-order chi connectivity index (χ1) is 3.43. The highest BCUT2D eigenvalue weighted by molar-refractivity contribution is 5.46. The first-order valence-corrected chi connectivity index (χ1v) is 1.97. The Morgan fingerprint density at radius 2 is 2.71 bits per heavy atom. The predicted octanol–water partition coefficient (Wildman–Crippen LogP) is -0.0963. The van der Waals surface area contributed by atoms with E-state index in [2.05, 4.69) is 4.84 Å². The molecule has 3 nitrogen and oxygen atoms in total. The molecule has 1 aliphatic heterocycles. The van der Waals surface area contributed by atoms with Crippen LogP contribution in [0.15, 0.2) is 12.3 Å². The topological polar surface area (TPSA) is 29.5 Å². The van der Waals surface area contributed by atoms with Gasteiger partial charge < -0.3 is 4.84 Å². The molecule has 38 valence electrons. The number of rotatable bonds is 1. The molecule has 1 heterocycles. The van der Waals surface area contributed by atoms with Crippen molar-refractivity contribution in [3.63, 3.8) is 0 Å². The second kappa shape index (κ2) is 1.64. The van der Waals surface area contributed by atoms with Crippen LogP contribution in [0.2, 0.25) is 0 Å². The average molecular weight is 99.1 g/mol. The molecular formula is C4H5NO2. The summed E-state index contributed by atoms with van der Waals surface area (Å²) in [7, 11) is 0. The maximum absolute atomic E-state index is 9.77. The van der Waals surface area contributed by atoms with Gasteiger partial charge in [-0.3, -0.25) is 4.79 Å². The van der Waals surface area contributed by atoms with Crippen molar-refractivity contribution in [2.75, 3.05) is 6.54 Å². The molecule has 0 saturated heterocycles. The van der Waals surface area contributed by atoms with Crippen molar-refractivity contribution in [2.45, 2.75) is 0 Å². The summed E-state index contributed by atoms with van der Waals surface area (Å²) in [4.78, 5) is 14.4. The fourth-order valence-electron chi connectivity index (χ4n) is 0.379. The molecule has 0 fully saturated rings. The summed E-state index contributed by atoms with van der Waals surface area (Å²) in [5, 5.41) is 1.19. The van der Waals surface area contributed by atoms with E-state index >= 15 is 0 Å². The number of amides is 1. The minimum atomic E-state index is 0.573. The summed E-state index contributed by atoms with van der Waals surface area (Å²) in [6.45, 7) is 0.573. The Balaban J connectivity index is 2.35. The molecule has 0 bridgehead atoms. The van der Waals surface area contributed by atoms with E-state index in [1.165, 1.54) is 11.3 Å². The molecule has 0 atom stereocenters. The van der Waals surface area contributed by atoms with Gasteiger partial charge in [-0.15, -0.1) is 0 Å². The predicted molar refractivity (Wildman–Crippen MR) is 23.0 cm³/mol. The fourth-order valence-corrected chi connectivity index (χ4v) is 0.379. The van der Waals surface area contributed by atoms with Crippen LogP contribution in [0.1, 0.15) is 0 Å². The minimum Gasteiger partial charge on any atom is -0.385 e.